The summed E-state index contributed by atoms with van der Waals surface area (Å²) in [5, 5.41) is 10.2. The van der Waals surface area contributed by atoms with Crippen LogP contribution in [0.5, 0.6) is 0 Å². The van der Waals surface area contributed by atoms with E-state index < -0.39 is 17.8 Å². The monoisotopic (exact) mass is 316 g/mol. The first-order chi connectivity index (χ1) is 10.5. The Hall–Kier alpha value is -1.34. The zero-order valence-corrected chi connectivity index (χ0v) is 12.1. The second kappa shape index (κ2) is 6.04. The fraction of sp³-hybridized carbons (Fsp3) is 0.667. The molecule has 3 atom stereocenters. The number of anilines is 1. The first-order valence-electron chi connectivity index (χ1n) is 7.52. The van der Waals surface area contributed by atoms with Gasteiger partial charge in [-0.2, -0.15) is 13.2 Å². The molecule has 2 saturated heterocycles. The normalized spacial score (nSPS) is 29.8. The fourth-order valence-corrected chi connectivity index (χ4v) is 3.36. The number of hydrogen-bond donors (Lipinski definition) is 1. The number of aliphatic hydroxyl groups is 1. The molecule has 0 saturated carbocycles. The maximum Gasteiger partial charge on any atom is 0.417 e. The standard InChI is InChI=1S/C15H19F3N2O2/c16-15(17,18)10-3-4-14(19-8-10)20-6-1-2-12(20)11-9-22-7-5-13(11)21/h3-4,8,11-13,21H,1-2,5-7,9H2/t11-,12-,13-/m1/s1. The molecule has 0 aromatic carbocycles. The number of alkyl halides is 3. The van der Waals surface area contributed by atoms with Crippen molar-refractivity contribution >= 4 is 5.82 Å². The van der Waals surface area contributed by atoms with Crippen molar-refractivity contribution in [1.82, 2.24) is 4.98 Å². The zero-order valence-electron chi connectivity index (χ0n) is 12.1. The van der Waals surface area contributed by atoms with Crippen molar-refractivity contribution in [2.45, 2.75) is 37.6 Å². The van der Waals surface area contributed by atoms with Crippen LogP contribution in [0.25, 0.3) is 0 Å². The van der Waals surface area contributed by atoms with Crippen molar-refractivity contribution in [3.8, 4) is 0 Å². The van der Waals surface area contributed by atoms with E-state index in [1.807, 2.05) is 4.90 Å². The molecule has 1 N–H and O–H groups in total. The van der Waals surface area contributed by atoms with E-state index >= 15 is 0 Å². The van der Waals surface area contributed by atoms with E-state index in [2.05, 4.69) is 4.98 Å². The first-order valence-corrected chi connectivity index (χ1v) is 7.52. The Bertz CT molecular complexity index is 507. The Balaban J connectivity index is 1.78. The molecule has 7 heteroatoms. The quantitative estimate of drug-likeness (QED) is 0.910. The molecule has 0 spiro atoms. The number of aliphatic hydroxyl groups excluding tert-OH is 1. The molecule has 3 heterocycles. The summed E-state index contributed by atoms with van der Waals surface area (Å²) in [6.45, 7) is 1.79. The van der Waals surface area contributed by atoms with Crippen LogP contribution in [0.1, 0.15) is 24.8 Å². The Labute approximate surface area is 126 Å². The molecular formula is C15H19F3N2O2. The number of ether oxygens (including phenoxy) is 1. The highest BCUT2D eigenvalue weighted by atomic mass is 19.4. The van der Waals surface area contributed by atoms with Gasteiger partial charge in [0.05, 0.1) is 18.3 Å². The average molecular weight is 316 g/mol. The third kappa shape index (κ3) is 3.05. The van der Waals surface area contributed by atoms with E-state index in [9.17, 15) is 18.3 Å². The minimum atomic E-state index is -4.37. The Morgan fingerprint density at radius 2 is 2.09 bits per heavy atom. The smallest absolute Gasteiger partial charge is 0.393 e. The summed E-state index contributed by atoms with van der Waals surface area (Å²) < 4.78 is 43.3. The van der Waals surface area contributed by atoms with Crippen molar-refractivity contribution in [3.05, 3.63) is 23.9 Å². The van der Waals surface area contributed by atoms with Crippen LogP contribution in [0, 0.1) is 5.92 Å². The third-order valence-electron chi connectivity index (χ3n) is 4.53. The van der Waals surface area contributed by atoms with E-state index in [0.717, 1.165) is 31.6 Å². The summed E-state index contributed by atoms with van der Waals surface area (Å²) in [4.78, 5) is 5.98. The van der Waals surface area contributed by atoms with Crippen LogP contribution in [0.3, 0.4) is 0 Å². The number of aromatic nitrogens is 1. The Kier molecular flexibility index (Phi) is 4.27. The lowest BCUT2D eigenvalue weighted by Gasteiger charge is -2.37. The second-order valence-corrected chi connectivity index (χ2v) is 5.90. The highest BCUT2D eigenvalue weighted by Crippen LogP contribution is 2.34. The summed E-state index contributed by atoms with van der Waals surface area (Å²) >= 11 is 0. The van der Waals surface area contributed by atoms with E-state index in [1.165, 1.54) is 6.07 Å². The van der Waals surface area contributed by atoms with Crippen LogP contribution < -0.4 is 4.90 Å². The average Bonchev–Trinajstić information content (AvgIpc) is 2.96. The first kappa shape index (κ1) is 15.6. The van der Waals surface area contributed by atoms with Gasteiger partial charge in [0.25, 0.3) is 0 Å². The van der Waals surface area contributed by atoms with Gasteiger partial charge in [0.2, 0.25) is 0 Å². The lowest BCUT2D eigenvalue weighted by Crippen LogP contribution is -2.46. The molecule has 3 rings (SSSR count). The molecule has 22 heavy (non-hydrogen) atoms. The van der Waals surface area contributed by atoms with Gasteiger partial charge in [-0.1, -0.05) is 0 Å². The van der Waals surface area contributed by atoms with Crippen molar-refractivity contribution < 1.29 is 23.0 Å². The molecule has 1 aromatic rings. The summed E-state index contributed by atoms with van der Waals surface area (Å²) in [5.41, 5.74) is -0.743. The molecule has 0 amide bonds. The van der Waals surface area contributed by atoms with E-state index in [0.29, 0.717) is 25.5 Å². The van der Waals surface area contributed by atoms with Gasteiger partial charge in [0.1, 0.15) is 5.82 Å². The van der Waals surface area contributed by atoms with Crippen LogP contribution in [0.2, 0.25) is 0 Å². The largest absolute Gasteiger partial charge is 0.417 e. The van der Waals surface area contributed by atoms with Gasteiger partial charge in [0, 0.05) is 31.3 Å². The number of pyridine rings is 1. The number of rotatable bonds is 2. The van der Waals surface area contributed by atoms with Crippen LogP contribution in [-0.2, 0) is 10.9 Å². The predicted molar refractivity (Wildman–Crippen MR) is 74.5 cm³/mol. The van der Waals surface area contributed by atoms with Gasteiger partial charge in [-0.15, -0.1) is 0 Å². The Morgan fingerprint density at radius 3 is 2.73 bits per heavy atom. The van der Waals surface area contributed by atoms with E-state index in [4.69, 9.17) is 4.74 Å². The van der Waals surface area contributed by atoms with Crippen LogP contribution in [0.15, 0.2) is 18.3 Å². The number of hydrogen-bond acceptors (Lipinski definition) is 4. The maximum absolute atomic E-state index is 12.6. The van der Waals surface area contributed by atoms with E-state index in [1.54, 1.807) is 0 Å². The molecule has 4 nitrogen and oxygen atoms in total. The van der Waals surface area contributed by atoms with Gasteiger partial charge in [-0.25, -0.2) is 4.98 Å². The Morgan fingerprint density at radius 1 is 1.27 bits per heavy atom. The summed E-state index contributed by atoms with van der Waals surface area (Å²) in [6.07, 6.45) is -1.48. The van der Waals surface area contributed by atoms with Gasteiger partial charge >= 0.3 is 6.18 Å². The summed E-state index contributed by atoms with van der Waals surface area (Å²) in [7, 11) is 0. The van der Waals surface area contributed by atoms with Crippen molar-refractivity contribution in [2.75, 3.05) is 24.7 Å². The van der Waals surface area contributed by atoms with Crippen LogP contribution in [0.4, 0.5) is 19.0 Å². The van der Waals surface area contributed by atoms with Gasteiger partial charge < -0.3 is 14.7 Å². The van der Waals surface area contributed by atoms with Gasteiger partial charge in [-0.05, 0) is 31.4 Å². The lowest BCUT2D eigenvalue weighted by molar-refractivity contribution is -0.137. The molecule has 1 aromatic heterocycles. The SMILES string of the molecule is O[C@@H]1CCOC[C@@H]1[C@H]1CCCN1c1ccc(C(F)(F)F)cn1. The van der Waals surface area contributed by atoms with Gasteiger partial charge in [0.15, 0.2) is 0 Å². The van der Waals surface area contributed by atoms with Gasteiger partial charge in [-0.3, -0.25) is 0 Å². The second-order valence-electron chi connectivity index (χ2n) is 5.90. The van der Waals surface area contributed by atoms with Crippen molar-refractivity contribution in [1.29, 1.82) is 0 Å². The number of nitrogens with zero attached hydrogens (tertiary/aromatic N) is 2. The van der Waals surface area contributed by atoms with Crippen molar-refractivity contribution in [3.63, 3.8) is 0 Å². The molecule has 2 aliphatic rings. The highest BCUT2D eigenvalue weighted by molar-refractivity contribution is 5.42. The molecule has 2 aliphatic heterocycles. The molecular weight excluding hydrogens is 297 g/mol. The van der Waals surface area contributed by atoms with E-state index in [-0.39, 0.29) is 12.0 Å². The fourth-order valence-electron chi connectivity index (χ4n) is 3.36. The molecule has 122 valence electrons. The molecule has 2 fully saturated rings. The molecule has 0 bridgehead atoms. The molecule has 0 radical (unpaired) electrons. The van der Waals surface area contributed by atoms with Crippen LogP contribution in [-0.4, -0.2) is 42.0 Å². The lowest BCUT2D eigenvalue weighted by atomic mass is 9.89. The minimum Gasteiger partial charge on any atom is -0.393 e. The maximum atomic E-state index is 12.6. The third-order valence-corrected chi connectivity index (χ3v) is 4.53. The highest BCUT2D eigenvalue weighted by Gasteiger charge is 2.38. The molecule has 0 aliphatic carbocycles. The topological polar surface area (TPSA) is 45.6 Å². The summed E-state index contributed by atoms with van der Waals surface area (Å²) in [6, 6.07) is 2.54. The minimum absolute atomic E-state index is 0.0136. The van der Waals surface area contributed by atoms with Crippen LogP contribution >= 0.6 is 0 Å². The van der Waals surface area contributed by atoms with Crippen molar-refractivity contribution in [2.24, 2.45) is 5.92 Å². The number of halogens is 3. The zero-order chi connectivity index (χ0) is 15.7. The molecule has 0 unspecified atom stereocenters. The predicted octanol–water partition coefficient (Wildman–Crippen LogP) is 2.47. The summed E-state index contributed by atoms with van der Waals surface area (Å²) in [5.74, 6) is 0.522.